The van der Waals surface area contributed by atoms with Gasteiger partial charge in [0.1, 0.15) is 11.1 Å². The molecule has 23 heavy (non-hydrogen) atoms. The average molecular weight is 319 g/mol. The van der Waals surface area contributed by atoms with Gasteiger partial charge < -0.3 is 5.73 Å². The standard InChI is InChI=1S/C19H17N3S/c1-11-8-14(9-16(21)12(11)2)13(3)15(10-20)19-22-17-6-4-5-7-18(17)23-19/h4-9H,21H2,1-3H3/b15-13+. The highest BCUT2D eigenvalue weighted by atomic mass is 32.1. The predicted octanol–water partition coefficient (Wildman–Crippen LogP) is 4.95. The topological polar surface area (TPSA) is 62.7 Å². The average Bonchev–Trinajstić information content (AvgIpc) is 2.96. The number of nitrogen functional groups attached to an aromatic ring is 1. The van der Waals surface area contributed by atoms with Gasteiger partial charge in [-0.25, -0.2) is 4.98 Å². The molecule has 0 saturated heterocycles. The molecule has 3 nitrogen and oxygen atoms in total. The smallest absolute Gasteiger partial charge is 0.135 e. The molecule has 0 saturated carbocycles. The molecule has 0 aliphatic rings. The quantitative estimate of drug-likeness (QED) is 0.537. The SMILES string of the molecule is C/C(=C(/C#N)c1nc2ccccc2s1)c1cc(C)c(C)c(N)c1. The Bertz CT molecular complexity index is 918. The lowest BCUT2D eigenvalue weighted by Crippen LogP contribution is -1.96. The van der Waals surface area contributed by atoms with Crippen LogP contribution in [0.15, 0.2) is 36.4 Å². The molecule has 0 aliphatic heterocycles. The minimum atomic E-state index is 0.605. The van der Waals surface area contributed by atoms with Gasteiger partial charge in [0.05, 0.1) is 15.8 Å². The molecule has 0 unspecified atom stereocenters. The molecule has 4 heteroatoms. The Kier molecular flexibility index (Phi) is 3.89. The lowest BCUT2D eigenvalue weighted by molar-refractivity contribution is 1.33. The first kappa shape index (κ1) is 15.3. The summed E-state index contributed by atoms with van der Waals surface area (Å²) >= 11 is 1.54. The summed E-state index contributed by atoms with van der Waals surface area (Å²) in [6, 6.07) is 14.3. The molecule has 0 radical (unpaired) electrons. The predicted molar refractivity (Wildman–Crippen MR) is 98.0 cm³/mol. The van der Waals surface area contributed by atoms with Crippen molar-refractivity contribution in [1.82, 2.24) is 4.98 Å². The van der Waals surface area contributed by atoms with Crippen LogP contribution in [-0.4, -0.2) is 4.98 Å². The van der Waals surface area contributed by atoms with Crippen LogP contribution in [0.4, 0.5) is 5.69 Å². The van der Waals surface area contributed by atoms with Gasteiger partial charge in [-0.05, 0) is 61.2 Å². The summed E-state index contributed by atoms with van der Waals surface area (Å²) in [6.45, 7) is 5.99. The maximum atomic E-state index is 9.66. The summed E-state index contributed by atoms with van der Waals surface area (Å²) in [7, 11) is 0. The van der Waals surface area contributed by atoms with Gasteiger partial charge in [-0.2, -0.15) is 5.26 Å². The van der Waals surface area contributed by atoms with E-state index in [1.807, 2.05) is 51.1 Å². The van der Waals surface area contributed by atoms with E-state index in [-0.39, 0.29) is 0 Å². The maximum Gasteiger partial charge on any atom is 0.135 e. The minimum Gasteiger partial charge on any atom is -0.398 e. The molecule has 0 aliphatic carbocycles. The number of nitrogens with zero attached hydrogens (tertiary/aromatic N) is 2. The van der Waals surface area contributed by atoms with Gasteiger partial charge in [0, 0.05) is 5.69 Å². The van der Waals surface area contributed by atoms with Crippen molar-refractivity contribution in [1.29, 1.82) is 5.26 Å². The number of nitrogens with two attached hydrogens (primary N) is 1. The van der Waals surface area contributed by atoms with Crippen molar-refractivity contribution in [2.75, 3.05) is 5.73 Å². The molecular formula is C19H17N3S. The molecule has 0 amide bonds. The molecule has 3 aromatic rings. The number of rotatable bonds is 2. The molecule has 1 aromatic heterocycles. The van der Waals surface area contributed by atoms with Gasteiger partial charge >= 0.3 is 0 Å². The highest BCUT2D eigenvalue weighted by Crippen LogP contribution is 2.33. The number of aryl methyl sites for hydroxylation is 1. The number of aromatic nitrogens is 1. The number of fused-ring (bicyclic) bond motifs is 1. The van der Waals surface area contributed by atoms with Gasteiger partial charge in [0.15, 0.2) is 0 Å². The largest absolute Gasteiger partial charge is 0.398 e. The summed E-state index contributed by atoms with van der Waals surface area (Å²) in [5.74, 6) is 0. The van der Waals surface area contributed by atoms with E-state index in [1.54, 1.807) is 11.3 Å². The van der Waals surface area contributed by atoms with E-state index in [1.165, 1.54) is 0 Å². The van der Waals surface area contributed by atoms with E-state index in [4.69, 9.17) is 5.73 Å². The van der Waals surface area contributed by atoms with Gasteiger partial charge in [-0.3, -0.25) is 0 Å². The third-order valence-corrected chi connectivity index (χ3v) is 5.19. The normalized spacial score (nSPS) is 12.1. The summed E-state index contributed by atoms with van der Waals surface area (Å²) < 4.78 is 1.09. The van der Waals surface area contributed by atoms with Crippen LogP contribution < -0.4 is 5.73 Å². The van der Waals surface area contributed by atoms with Crippen molar-refractivity contribution >= 4 is 38.4 Å². The fraction of sp³-hybridized carbons (Fsp3) is 0.158. The molecule has 1 heterocycles. The van der Waals surface area contributed by atoms with E-state index in [9.17, 15) is 5.26 Å². The number of anilines is 1. The van der Waals surface area contributed by atoms with Crippen LogP contribution in [0.3, 0.4) is 0 Å². The van der Waals surface area contributed by atoms with E-state index >= 15 is 0 Å². The number of nitriles is 1. The highest BCUT2D eigenvalue weighted by molar-refractivity contribution is 7.19. The Morgan fingerprint density at radius 1 is 1.22 bits per heavy atom. The fourth-order valence-electron chi connectivity index (χ4n) is 2.52. The van der Waals surface area contributed by atoms with Gasteiger partial charge in [-0.15, -0.1) is 11.3 Å². The van der Waals surface area contributed by atoms with E-state index in [2.05, 4.69) is 17.1 Å². The third kappa shape index (κ3) is 2.71. The summed E-state index contributed by atoms with van der Waals surface area (Å²) in [6.07, 6.45) is 0. The van der Waals surface area contributed by atoms with Crippen LogP contribution in [0.1, 0.15) is 28.6 Å². The van der Waals surface area contributed by atoms with Gasteiger partial charge in [0.2, 0.25) is 0 Å². The van der Waals surface area contributed by atoms with Crippen molar-refractivity contribution in [3.8, 4) is 6.07 Å². The maximum absolute atomic E-state index is 9.66. The first-order valence-electron chi connectivity index (χ1n) is 7.35. The zero-order valence-electron chi connectivity index (χ0n) is 13.3. The second kappa shape index (κ2) is 5.86. The number of thiazole rings is 1. The molecule has 2 N–H and O–H groups in total. The molecule has 0 atom stereocenters. The van der Waals surface area contributed by atoms with Crippen LogP contribution in [0.25, 0.3) is 21.4 Å². The molecule has 0 fully saturated rings. The van der Waals surface area contributed by atoms with Crippen LogP contribution in [-0.2, 0) is 0 Å². The summed E-state index contributed by atoms with van der Waals surface area (Å²) in [5, 5.41) is 10.4. The molecule has 0 spiro atoms. The molecule has 3 rings (SSSR count). The van der Waals surface area contributed by atoms with Crippen molar-refractivity contribution in [2.24, 2.45) is 0 Å². The van der Waals surface area contributed by atoms with E-state index < -0.39 is 0 Å². The summed E-state index contributed by atoms with van der Waals surface area (Å²) in [4.78, 5) is 4.60. The fourth-order valence-corrected chi connectivity index (χ4v) is 3.54. The first-order chi connectivity index (χ1) is 11.0. The van der Waals surface area contributed by atoms with E-state index in [0.29, 0.717) is 5.57 Å². The zero-order valence-corrected chi connectivity index (χ0v) is 14.2. The molecular weight excluding hydrogens is 302 g/mol. The van der Waals surface area contributed by atoms with Crippen LogP contribution in [0, 0.1) is 25.2 Å². The third-order valence-electron chi connectivity index (χ3n) is 4.14. The van der Waals surface area contributed by atoms with Crippen molar-refractivity contribution in [2.45, 2.75) is 20.8 Å². The number of para-hydroxylation sites is 1. The molecule has 2 aromatic carbocycles. The monoisotopic (exact) mass is 319 g/mol. The second-order valence-electron chi connectivity index (χ2n) is 5.61. The Labute approximate surface area is 139 Å². The van der Waals surface area contributed by atoms with Gasteiger partial charge in [0.25, 0.3) is 0 Å². The van der Waals surface area contributed by atoms with Crippen molar-refractivity contribution in [3.63, 3.8) is 0 Å². The zero-order chi connectivity index (χ0) is 16.6. The van der Waals surface area contributed by atoms with Crippen LogP contribution in [0.5, 0.6) is 0 Å². The minimum absolute atomic E-state index is 0.605. The number of allylic oxidation sites excluding steroid dienone is 2. The Morgan fingerprint density at radius 2 is 1.96 bits per heavy atom. The number of hydrogen-bond acceptors (Lipinski definition) is 4. The number of hydrogen-bond donors (Lipinski definition) is 1. The van der Waals surface area contributed by atoms with E-state index in [0.717, 1.165) is 43.2 Å². The van der Waals surface area contributed by atoms with Crippen molar-refractivity contribution in [3.05, 3.63) is 58.1 Å². The molecule has 114 valence electrons. The van der Waals surface area contributed by atoms with Crippen molar-refractivity contribution < 1.29 is 0 Å². The Hall–Kier alpha value is -2.64. The molecule has 0 bridgehead atoms. The van der Waals surface area contributed by atoms with Crippen LogP contribution >= 0.6 is 11.3 Å². The van der Waals surface area contributed by atoms with Gasteiger partial charge in [-0.1, -0.05) is 18.2 Å². The lowest BCUT2D eigenvalue weighted by Gasteiger charge is -2.10. The Balaban J connectivity index is 2.18. The highest BCUT2D eigenvalue weighted by Gasteiger charge is 2.14. The summed E-state index contributed by atoms with van der Waals surface area (Å²) in [5.41, 5.74) is 12.4. The number of benzene rings is 2. The lowest BCUT2D eigenvalue weighted by atomic mass is 9.97. The first-order valence-corrected chi connectivity index (χ1v) is 8.17. The van der Waals surface area contributed by atoms with Crippen LogP contribution in [0.2, 0.25) is 0 Å². The Morgan fingerprint density at radius 3 is 2.61 bits per heavy atom. The second-order valence-corrected chi connectivity index (χ2v) is 6.64.